The summed E-state index contributed by atoms with van der Waals surface area (Å²) in [6.45, 7) is 0. The van der Waals surface area contributed by atoms with Gasteiger partial charge in [-0.15, -0.1) is 13.2 Å². The van der Waals surface area contributed by atoms with E-state index in [-0.39, 0.29) is 17.4 Å². The first-order chi connectivity index (χ1) is 9.35. The highest BCUT2D eigenvalue weighted by Gasteiger charge is 2.33. The van der Waals surface area contributed by atoms with E-state index in [0.29, 0.717) is 6.42 Å². The Morgan fingerprint density at radius 2 is 2.05 bits per heavy atom. The molecule has 1 aromatic carbocycles. The van der Waals surface area contributed by atoms with Crippen LogP contribution in [0.4, 0.5) is 13.2 Å². The fourth-order valence-corrected chi connectivity index (χ4v) is 1.81. The summed E-state index contributed by atoms with van der Waals surface area (Å²) in [4.78, 5) is 10.9. The minimum absolute atomic E-state index is 0.170. The van der Waals surface area contributed by atoms with E-state index in [0.717, 1.165) is 24.6 Å². The number of halogens is 3. The first-order valence-corrected chi connectivity index (χ1v) is 5.81. The van der Waals surface area contributed by atoms with Crippen LogP contribution in [-0.4, -0.2) is 23.5 Å². The van der Waals surface area contributed by atoms with Gasteiger partial charge in [0, 0.05) is 0 Å². The molecule has 1 N–H and O–H groups in total. The molecular formula is C13H11F3O4. The largest absolute Gasteiger partial charge is 0.573 e. The third-order valence-electron chi connectivity index (χ3n) is 2.66. The maximum absolute atomic E-state index is 12.3. The van der Waals surface area contributed by atoms with Gasteiger partial charge in [-0.3, -0.25) is 0 Å². The van der Waals surface area contributed by atoms with Gasteiger partial charge >= 0.3 is 12.3 Å². The molecule has 0 bridgehead atoms. The van der Waals surface area contributed by atoms with Crippen molar-refractivity contribution in [3.8, 4) is 11.5 Å². The van der Waals surface area contributed by atoms with Crippen molar-refractivity contribution in [2.24, 2.45) is 0 Å². The van der Waals surface area contributed by atoms with Crippen molar-refractivity contribution < 1.29 is 32.5 Å². The molecule has 4 nitrogen and oxygen atoms in total. The molecule has 0 radical (unpaired) electrons. The lowest BCUT2D eigenvalue weighted by Gasteiger charge is -2.17. The zero-order chi connectivity index (χ0) is 14.8. The van der Waals surface area contributed by atoms with E-state index < -0.39 is 18.1 Å². The monoisotopic (exact) mass is 288 g/mol. The SMILES string of the molecule is O=C(O)c1ccc(OC(F)(F)F)c(OC2C=CCC2)c1. The van der Waals surface area contributed by atoms with Crippen LogP contribution in [0.2, 0.25) is 0 Å². The molecule has 0 heterocycles. The zero-order valence-electron chi connectivity index (χ0n) is 10.2. The third kappa shape index (κ3) is 3.66. The summed E-state index contributed by atoms with van der Waals surface area (Å²) in [7, 11) is 0. The molecule has 1 aliphatic rings. The Hall–Kier alpha value is -2.18. The number of allylic oxidation sites excluding steroid dienone is 1. The van der Waals surface area contributed by atoms with Crippen LogP contribution in [0.15, 0.2) is 30.4 Å². The van der Waals surface area contributed by atoms with Crippen molar-refractivity contribution in [3.63, 3.8) is 0 Å². The van der Waals surface area contributed by atoms with Gasteiger partial charge in [0.05, 0.1) is 5.56 Å². The van der Waals surface area contributed by atoms with Gasteiger partial charge in [-0.1, -0.05) is 6.08 Å². The Morgan fingerprint density at radius 3 is 2.60 bits per heavy atom. The molecule has 1 unspecified atom stereocenters. The van der Waals surface area contributed by atoms with Crippen LogP contribution in [-0.2, 0) is 0 Å². The third-order valence-corrected chi connectivity index (χ3v) is 2.66. The molecule has 1 atom stereocenters. The minimum atomic E-state index is -4.87. The summed E-state index contributed by atoms with van der Waals surface area (Å²) in [5, 5.41) is 8.86. The fraction of sp³-hybridized carbons (Fsp3) is 0.308. The standard InChI is InChI=1S/C13H11F3O4/c14-13(15,16)20-10-6-5-8(12(17)18)7-11(10)19-9-3-1-2-4-9/h1,3,5-7,9H,2,4H2,(H,17,18). The summed E-state index contributed by atoms with van der Waals surface area (Å²) in [5.74, 6) is -2.04. The molecule has 0 saturated carbocycles. The molecule has 2 rings (SSSR count). The number of alkyl halides is 3. The van der Waals surface area contributed by atoms with Gasteiger partial charge in [-0.05, 0) is 37.1 Å². The molecule has 20 heavy (non-hydrogen) atoms. The Balaban J connectivity index is 2.29. The van der Waals surface area contributed by atoms with E-state index in [4.69, 9.17) is 9.84 Å². The van der Waals surface area contributed by atoms with Crippen molar-refractivity contribution in [2.45, 2.75) is 25.3 Å². The first-order valence-electron chi connectivity index (χ1n) is 5.81. The number of carboxylic acids is 1. The lowest BCUT2D eigenvalue weighted by molar-refractivity contribution is -0.275. The number of aromatic carboxylic acids is 1. The second-order valence-electron chi connectivity index (χ2n) is 4.18. The van der Waals surface area contributed by atoms with E-state index in [1.165, 1.54) is 0 Å². The average molecular weight is 288 g/mol. The molecule has 0 aromatic heterocycles. The second kappa shape index (κ2) is 5.44. The van der Waals surface area contributed by atoms with Gasteiger partial charge in [0.1, 0.15) is 6.10 Å². The van der Waals surface area contributed by atoms with Gasteiger partial charge in [0.15, 0.2) is 11.5 Å². The molecule has 0 fully saturated rings. The Bertz CT molecular complexity index is 537. The lowest BCUT2D eigenvalue weighted by atomic mass is 10.2. The van der Waals surface area contributed by atoms with E-state index in [1.54, 1.807) is 6.08 Å². The number of carboxylic acid groups (broad SMARTS) is 1. The molecule has 0 saturated heterocycles. The summed E-state index contributed by atoms with van der Waals surface area (Å²) in [6.07, 6.45) is -0.300. The Morgan fingerprint density at radius 1 is 1.30 bits per heavy atom. The van der Waals surface area contributed by atoms with Crippen molar-refractivity contribution in [1.29, 1.82) is 0 Å². The van der Waals surface area contributed by atoms with Crippen molar-refractivity contribution in [3.05, 3.63) is 35.9 Å². The van der Waals surface area contributed by atoms with Crippen LogP contribution in [0, 0.1) is 0 Å². The van der Waals surface area contributed by atoms with Crippen LogP contribution in [0.5, 0.6) is 11.5 Å². The fourth-order valence-electron chi connectivity index (χ4n) is 1.81. The summed E-state index contributed by atoms with van der Waals surface area (Å²) >= 11 is 0. The van der Waals surface area contributed by atoms with Crippen LogP contribution in [0.25, 0.3) is 0 Å². The molecule has 0 amide bonds. The molecule has 108 valence electrons. The van der Waals surface area contributed by atoms with Gasteiger partial charge in [-0.2, -0.15) is 0 Å². The smallest absolute Gasteiger partial charge is 0.482 e. The predicted octanol–water partition coefficient (Wildman–Crippen LogP) is 3.38. The van der Waals surface area contributed by atoms with E-state index in [2.05, 4.69) is 4.74 Å². The summed E-state index contributed by atoms with van der Waals surface area (Å²) < 4.78 is 46.1. The van der Waals surface area contributed by atoms with Crippen molar-refractivity contribution in [2.75, 3.05) is 0 Å². The molecule has 0 spiro atoms. The maximum Gasteiger partial charge on any atom is 0.573 e. The Kier molecular flexibility index (Phi) is 3.87. The molecule has 1 aromatic rings. The minimum Gasteiger partial charge on any atom is -0.482 e. The van der Waals surface area contributed by atoms with Crippen LogP contribution >= 0.6 is 0 Å². The number of benzene rings is 1. The van der Waals surface area contributed by atoms with Crippen LogP contribution in [0.1, 0.15) is 23.2 Å². The number of ether oxygens (including phenoxy) is 2. The van der Waals surface area contributed by atoms with Gasteiger partial charge in [0.2, 0.25) is 0 Å². The second-order valence-corrected chi connectivity index (χ2v) is 4.18. The Labute approximate surface area is 112 Å². The van der Waals surface area contributed by atoms with Crippen LogP contribution < -0.4 is 9.47 Å². The molecular weight excluding hydrogens is 277 g/mol. The lowest BCUT2D eigenvalue weighted by Crippen LogP contribution is -2.19. The van der Waals surface area contributed by atoms with E-state index >= 15 is 0 Å². The van der Waals surface area contributed by atoms with E-state index in [1.807, 2.05) is 6.08 Å². The highest BCUT2D eigenvalue weighted by molar-refractivity contribution is 5.88. The number of hydrogen-bond donors (Lipinski definition) is 1. The number of rotatable bonds is 4. The van der Waals surface area contributed by atoms with Crippen LogP contribution in [0.3, 0.4) is 0 Å². The summed E-state index contributed by atoms with van der Waals surface area (Å²) in [6, 6.07) is 2.99. The zero-order valence-corrected chi connectivity index (χ0v) is 10.2. The number of hydrogen-bond acceptors (Lipinski definition) is 3. The van der Waals surface area contributed by atoms with Crippen molar-refractivity contribution in [1.82, 2.24) is 0 Å². The normalized spacial score (nSPS) is 18.1. The molecule has 7 heteroatoms. The van der Waals surface area contributed by atoms with Gasteiger partial charge < -0.3 is 14.6 Å². The first kappa shape index (κ1) is 14.2. The predicted molar refractivity (Wildman–Crippen MR) is 62.9 cm³/mol. The number of carbonyl (C=O) groups is 1. The highest BCUT2D eigenvalue weighted by Crippen LogP contribution is 2.34. The topological polar surface area (TPSA) is 55.8 Å². The van der Waals surface area contributed by atoms with Crippen molar-refractivity contribution >= 4 is 5.97 Å². The highest BCUT2D eigenvalue weighted by atomic mass is 19.4. The quantitative estimate of drug-likeness (QED) is 0.863. The summed E-state index contributed by atoms with van der Waals surface area (Å²) in [5.41, 5.74) is -0.170. The maximum atomic E-state index is 12.3. The van der Waals surface area contributed by atoms with E-state index in [9.17, 15) is 18.0 Å². The molecule has 1 aliphatic carbocycles. The average Bonchev–Trinajstić information content (AvgIpc) is 2.82. The van der Waals surface area contributed by atoms with Gasteiger partial charge in [-0.25, -0.2) is 4.79 Å². The molecule has 0 aliphatic heterocycles. The van der Waals surface area contributed by atoms with Gasteiger partial charge in [0.25, 0.3) is 0 Å².